The maximum absolute atomic E-state index is 13.2. The maximum Gasteiger partial charge on any atom is 0.255 e. The van der Waals surface area contributed by atoms with Gasteiger partial charge in [0, 0.05) is 57.6 Å². The van der Waals surface area contributed by atoms with Crippen LogP contribution in [0.1, 0.15) is 59.8 Å². The topological polar surface area (TPSA) is 66.0 Å². The number of methoxy groups -OCH3 is 1. The van der Waals surface area contributed by atoms with E-state index in [2.05, 4.69) is 28.9 Å². The van der Waals surface area contributed by atoms with Crippen molar-refractivity contribution in [3.8, 4) is 0 Å². The Hall–Kier alpha value is -2.77. The Bertz CT molecular complexity index is 1020. The van der Waals surface area contributed by atoms with Gasteiger partial charge in [-0.15, -0.1) is 0 Å². The zero-order chi connectivity index (χ0) is 25.7. The van der Waals surface area contributed by atoms with Gasteiger partial charge in [-0.25, -0.2) is 0 Å². The number of hydrogen-bond acceptors (Lipinski definition) is 5. The van der Waals surface area contributed by atoms with Crippen LogP contribution in [-0.2, 0) is 16.1 Å². The van der Waals surface area contributed by atoms with Crippen LogP contribution in [0, 0.1) is 13.8 Å². The minimum absolute atomic E-state index is 0.0545. The zero-order valence-electron chi connectivity index (χ0n) is 22.2. The number of carbonyl (C=O) groups excluding carboxylic acids is 2. The number of carbonyl (C=O) groups is 2. The van der Waals surface area contributed by atoms with E-state index in [4.69, 9.17) is 4.74 Å². The minimum atomic E-state index is 0.0545. The number of benzene rings is 1. The highest BCUT2D eigenvalue weighted by atomic mass is 16.5. The average Bonchev–Trinajstić information content (AvgIpc) is 2.88. The van der Waals surface area contributed by atoms with Crippen molar-refractivity contribution in [1.29, 1.82) is 0 Å². The van der Waals surface area contributed by atoms with Crippen LogP contribution >= 0.6 is 0 Å². The number of likely N-dealkylation sites (tertiary alicyclic amines) is 2. The number of rotatable bonds is 7. The number of nitrogens with zero attached hydrogens (tertiary/aromatic N) is 4. The first-order valence-electron chi connectivity index (χ1n) is 13.1. The van der Waals surface area contributed by atoms with E-state index in [0.717, 1.165) is 74.2 Å². The van der Waals surface area contributed by atoms with Gasteiger partial charge in [-0.1, -0.05) is 30.3 Å². The van der Waals surface area contributed by atoms with Crippen molar-refractivity contribution < 1.29 is 14.3 Å². The summed E-state index contributed by atoms with van der Waals surface area (Å²) < 4.78 is 5.18. The molecule has 0 spiro atoms. The van der Waals surface area contributed by atoms with E-state index in [0.29, 0.717) is 6.54 Å². The Morgan fingerprint density at radius 2 is 1.72 bits per heavy atom. The van der Waals surface area contributed by atoms with Gasteiger partial charge in [0.1, 0.15) is 6.61 Å². The second-order valence-corrected chi connectivity index (χ2v) is 10.5. The Balaban J connectivity index is 1.35. The van der Waals surface area contributed by atoms with E-state index >= 15 is 0 Å². The first kappa shape index (κ1) is 26.3. The van der Waals surface area contributed by atoms with Crippen LogP contribution in [0.15, 0.2) is 42.6 Å². The van der Waals surface area contributed by atoms with Crippen molar-refractivity contribution in [2.45, 2.75) is 64.6 Å². The molecule has 0 saturated carbocycles. The van der Waals surface area contributed by atoms with Crippen molar-refractivity contribution in [2.24, 2.45) is 0 Å². The van der Waals surface area contributed by atoms with Crippen LogP contribution in [0.2, 0.25) is 0 Å². The number of piperidine rings is 2. The molecule has 1 aromatic heterocycles. The van der Waals surface area contributed by atoms with Crippen LogP contribution in [0.5, 0.6) is 0 Å². The molecule has 0 bridgehead atoms. The monoisotopic (exact) mass is 492 g/mol. The van der Waals surface area contributed by atoms with Gasteiger partial charge in [0.2, 0.25) is 5.91 Å². The molecule has 0 N–H and O–H groups in total. The van der Waals surface area contributed by atoms with E-state index in [1.165, 1.54) is 0 Å². The van der Waals surface area contributed by atoms with Crippen molar-refractivity contribution in [3.05, 3.63) is 65.0 Å². The Morgan fingerprint density at radius 3 is 2.33 bits per heavy atom. The summed E-state index contributed by atoms with van der Waals surface area (Å²) in [6.07, 6.45) is 5.58. The van der Waals surface area contributed by atoms with Crippen molar-refractivity contribution >= 4 is 11.8 Å². The Labute approximate surface area is 215 Å². The van der Waals surface area contributed by atoms with E-state index < -0.39 is 0 Å². The van der Waals surface area contributed by atoms with Gasteiger partial charge in [-0.05, 0) is 63.6 Å². The summed E-state index contributed by atoms with van der Waals surface area (Å²) in [6, 6.07) is 12.3. The molecular weight excluding hydrogens is 452 g/mol. The third-order valence-electron chi connectivity index (χ3n) is 8.14. The van der Waals surface area contributed by atoms with Crippen LogP contribution in [0.25, 0.3) is 0 Å². The van der Waals surface area contributed by atoms with Crippen LogP contribution in [-0.4, -0.2) is 83.0 Å². The lowest BCUT2D eigenvalue weighted by molar-refractivity contribution is -0.139. The molecule has 7 heteroatoms. The fourth-order valence-corrected chi connectivity index (χ4v) is 5.81. The molecule has 36 heavy (non-hydrogen) atoms. The van der Waals surface area contributed by atoms with Crippen molar-refractivity contribution in [2.75, 3.05) is 39.9 Å². The number of pyridine rings is 1. The van der Waals surface area contributed by atoms with Crippen LogP contribution in [0.3, 0.4) is 0 Å². The number of hydrogen-bond donors (Lipinski definition) is 0. The molecule has 7 nitrogen and oxygen atoms in total. The lowest BCUT2D eigenvalue weighted by atomic mass is 9.85. The van der Waals surface area contributed by atoms with E-state index in [9.17, 15) is 9.59 Å². The molecule has 0 unspecified atom stereocenters. The minimum Gasteiger partial charge on any atom is -0.375 e. The van der Waals surface area contributed by atoms with Crippen LogP contribution in [0.4, 0.5) is 0 Å². The average molecular weight is 493 g/mol. The number of ether oxygens (including phenoxy) is 1. The van der Waals surface area contributed by atoms with Gasteiger partial charge in [-0.3, -0.25) is 19.5 Å². The molecular formula is C29H40N4O3. The molecule has 1 aromatic carbocycles. The first-order valence-corrected chi connectivity index (χ1v) is 13.1. The lowest BCUT2D eigenvalue weighted by Crippen LogP contribution is -2.58. The number of aromatic nitrogens is 1. The quantitative estimate of drug-likeness (QED) is 0.588. The van der Waals surface area contributed by atoms with E-state index in [1.807, 2.05) is 47.9 Å². The summed E-state index contributed by atoms with van der Waals surface area (Å²) in [4.78, 5) is 37.1. The van der Waals surface area contributed by atoms with Gasteiger partial charge >= 0.3 is 0 Å². The second kappa shape index (κ2) is 11.5. The highest BCUT2D eigenvalue weighted by Gasteiger charge is 2.40. The summed E-state index contributed by atoms with van der Waals surface area (Å²) >= 11 is 0. The van der Waals surface area contributed by atoms with Crippen LogP contribution < -0.4 is 0 Å². The van der Waals surface area contributed by atoms with E-state index in [1.54, 1.807) is 13.3 Å². The SMILES string of the molecule is COCC(=O)N(Cc1ccccc1)C1CCN(C2(C)CCN(C(=O)c3c(C)ccnc3C)CC2)CC1. The summed E-state index contributed by atoms with van der Waals surface area (Å²) in [5.41, 5.74) is 3.76. The largest absolute Gasteiger partial charge is 0.375 e. The highest BCUT2D eigenvalue weighted by molar-refractivity contribution is 5.96. The molecule has 2 fully saturated rings. The highest BCUT2D eigenvalue weighted by Crippen LogP contribution is 2.33. The molecule has 2 saturated heterocycles. The van der Waals surface area contributed by atoms with Gasteiger partial charge in [0.05, 0.1) is 11.3 Å². The molecule has 2 aliphatic heterocycles. The lowest BCUT2D eigenvalue weighted by Gasteiger charge is -2.50. The summed E-state index contributed by atoms with van der Waals surface area (Å²) in [6.45, 7) is 10.4. The van der Waals surface area contributed by atoms with Gasteiger partial charge in [-0.2, -0.15) is 0 Å². The Morgan fingerprint density at radius 1 is 1.06 bits per heavy atom. The summed E-state index contributed by atoms with van der Waals surface area (Å²) in [5, 5.41) is 0. The summed E-state index contributed by atoms with van der Waals surface area (Å²) in [7, 11) is 1.58. The van der Waals surface area contributed by atoms with Gasteiger partial charge in [0.15, 0.2) is 0 Å². The second-order valence-electron chi connectivity index (χ2n) is 10.5. The van der Waals surface area contributed by atoms with Crippen molar-refractivity contribution in [3.63, 3.8) is 0 Å². The molecule has 194 valence electrons. The zero-order valence-corrected chi connectivity index (χ0v) is 22.2. The third-order valence-corrected chi connectivity index (χ3v) is 8.14. The molecule has 2 aliphatic rings. The number of aryl methyl sites for hydroxylation is 2. The fourth-order valence-electron chi connectivity index (χ4n) is 5.81. The smallest absolute Gasteiger partial charge is 0.255 e. The standard InChI is InChI=1S/C29H40N4O3/c1-22-10-15-30-23(2)27(22)28(35)31-18-13-29(3,14-19-31)32-16-11-25(12-17-32)33(26(34)21-36-4)20-24-8-6-5-7-9-24/h5-10,15,25H,11-14,16-21H2,1-4H3. The fraction of sp³-hybridized carbons (Fsp3) is 0.552. The van der Waals surface area contributed by atoms with Gasteiger partial charge in [0.25, 0.3) is 5.91 Å². The third kappa shape index (κ3) is 5.79. The van der Waals surface area contributed by atoms with Gasteiger partial charge < -0.3 is 14.5 Å². The number of amides is 2. The maximum atomic E-state index is 13.2. The molecule has 3 heterocycles. The predicted molar refractivity (Wildman–Crippen MR) is 141 cm³/mol. The molecule has 4 rings (SSSR count). The molecule has 2 aromatic rings. The molecule has 0 atom stereocenters. The summed E-state index contributed by atoms with van der Waals surface area (Å²) in [5.74, 6) is 0.158. The Kier molecular flexibility index (Phi) is 8.42. The first-order chi connectivity index (χ1) is 17.3. The predicted octanol–water partition coefficient (Wildman–Crippen LogP) is 3.83. The molecule has 0 aliphatic carbocycles. The normalized spacial score (nSPS) is 18.7. The van der Waals surface area contributed by atoms with Crippen molar-refractivity contribution in [1.82, 2.24) is 19.7 Å². The molecule has 0 radical (unpaired) electrons. The van der Waals surface area contributed by atoms with E-state index in [-0.39, 0.29) is 30.0 Å². The molecule has 2 amide bonds.